The molecule has 0 aromatic heterocycles. The number of hydrogen-bond acceptors (Lipinski definition) is 5. The van der Waals surface area contributed by atoms with Gasteiger partial charge in [-0.15, -0.1) is 0 Å². The first-order valence-corrected chi connectivity index (χ1v) is 7.93. The van der Waals surface area contributed by atoms with E-state index in [1.54, 1.807) is 24.3 Å². The molecule has 0 atom stereocenters. The molecule has 1 aliphatic heterocycles. The van der Waals surface area contributed by atoms with Crippen molar-refractivity contribution in [1.82, 2.24) is 5.32 Å². The van der Waals surface area contributed by atoms with E-state index < -0.39 is 17.8 Å². The summed E-state index contributed by atoms with van der Waals surface area (Å²) in [6.07, 6.45) is 1.40. The number of imide groups is 2. The Morgan fingerprint density at radius 1 is 1.12 bits per heavy atom. The van der Waals surface area contributed by atoms with Crippen molar-refractivity contribution < 1.29 is 24.2 Å². The summed E-state index contributed by atoms with van der Waals surface area (Å²) in [6.45, 7) is 2.34. The van der Waals surface area contributed by atoms with E-state index in [9.17, 15) is 19.5 Å². The van der Waals surface area contributed by atoms with Crippen LogP contribution in [0.25, 0.3) is 6.08 Å². The Bertz CT molecular complexity index is 902. The number of amides is 4. The second-order valence-electron chi connectivity index (χ2n) is 5.48. The van der Waals surface area contributed by atoms with E-state index in [1.807, 2.05) is 6.92 Å². The van der Waals surface area contributed by atoms with Crippen LogP contribution in [-0.4, -0.2) is 29.6 Å². The standard InChI is InChI=1S/C19H16N2O5/c1-2-26-15-5-3-4-12(10-15)11-16-17(23)20-19(25)21(18(16)24)13-6-8-14(22)9-7-13/h3-11,22H,2H2,1H3,(H,20,23,25)/b16-11+. The number of carbonyl (C=O) groups is 3. The number of benzene rings is 2. The zero-order valence-corrected chi connectivity index (χ0v) is 13.9. The molecule has 0 radical (unpaired) electrons. The molecule has 1 heterocycles. The molecule has 1 aliphatic rings. The van der Waals surface area contributed by atoms with E-state index in [0.29, 0.717) is 17.9 Å². The van der Waals surface area contributed by atoms with Crippen LogP contribution in [0, 0.1) is 0 Å². The van der Waals surface area contributed by atoms with Gasteiger partial charge in [-0.05, 0) is 55.0 Å². The molecule has 3 rings (SSSR count). The van der Waals surface area contributed by atoms with Crippen LogP contribution in [0.3, 0.4) is 0 Å². The molecular weight excluding hydrogens is 336 g/mol. The third-order valence-electron chi connectivity index (χ3n) is 3.69. The zero-order chi connectivity index (χ0) is 18.7. The predicted octanol–water partition coefficient (Wildman–Crippen LogP) is 2.46. The minimum atomic E-state index is -0.842. The zero-order valence-electron chi connectivity index (χ0n) is 13.9. The van der Waals surface area contributed by atoms with Gasteiger partial charge in [0.15, 0.2) is 0 Å². The first-order valence-electron chi connectivity index (χ1n) is 7.93. The normalized spacial score (nSPS) is 16.0. The number of barbiturate groups is 1. The summed E-state index contributed by atoms with van der Waals surface area (Å²) < 4.78 is 5.41. The van der Waals surface area contributed by atoms with Gasteiger partial charge in [0.2, 0.25) is 0 Å². The predicted molar refractivity (Wildman–Crippen MR) is 94.7 cm³/mol. The number of urea groups is 1. The first kappa shape index (κ1) is 17.2. The van der Waals surface area contributed by atoms with E-state index in [4.69, 9.17) is 4.74 Å². The van der Waals surface area contributed by atoms with Crippen LogP contribution in [0.2, 0.25) is 0 Å². The molecule has 0 saturated carbocycles. The lowest BCUT2D eigenvalue weighted by Gasteiger charge is -2.26. The smallest absolute Gasteiger partial charge is 0.335 e. The molecule has 0 bridgehead atoms. The van der Waals surface area contributed by atoms with E-state index in [1.165, 1.54) is 30.3 Å². The largest absolute Gasteiger partial charge is 0.508 e. The van der Waals surface area contributed by atoms with Crippen LogP contribution in [0.15, 0.2) is 54.1 Å². The summed E-state index contributed by atoms with van der Waals surface area (Å²) in [5.41, 5.74) is 0.660. The molecule has 2 N–H and O–H groups in total. The molecule has 1 saturated heterocycles. The van der Waals surface area contributed by atoms with Gasteiger partial charge in [0, 0.05) is 0 Å². The number of nitrogens with zero attached hydrogens (tertiary/aromatic N) is 1. The van der Waals surface area contributed by atoms with Crippen molar-refractivity contribution in [3.63, 3.8) is 0 Å². The van der Waals surface area contributed by atoms with Crippen molar-refractivity contribution in [3.05, 3.63) is 59.7 Å². The van der Waals surface area contributed by atoms with Crippen LogP contribution in [0.5, 0.6) is 11.5 Å². The van der Waals surface area contributed by atoms with E-state index in [2.05, 4.69) is 5.32 Å². The number of phenols is 1. The Morgan fingerprint density at radius 2 is 1.85 bits per heavy atom. The van der Waals surface area contributed by atoms with Crippen molar-refractivity contribution in [3.8, 4) is 11.5 Å². The number of phenolic OH excluding ortho intramolecular Hbond substituents is 1. The maximum absolute atomic E-state index is 12.7. The number of rotatable bonds is 4. The molecular formula is C19H16N2O5. The molecule has 1 fully saturated rings. The molecule has 4 amide bonds. The van der Waals surface area contributed by atoms with Crippen LogP contribution >= 0.6 is 0 Å². The van der Waals surface area contributed by atoms with E-state index in [0.717, 1.165) is 4.90 Å². The third kappa shape index (κ3) is 3.41. The second-order valence-corrected chi connectivity index (χ2v) is 5.48. The molecule has 0 unspecified atom stereocenters. The monoisotopic (exact) mass is 352 g/mol. The molecule has 26 heavy (non-hydrogen) atoms. The quantitative estimate of drug-likeness (QED) is 0.651. The third-order valence-corrected chi connectivity index (χ3v) is 3.69. The Morgan fingerprint density at radius 3 is 2.54 bits per heavy atom. The Hall–Kier alpha value is -3.61. The molecule has 2 aromatic carbocycles. The lowest BCUT2D eigenvalue weighted by Crippen LogP contribution is -2.54. The fourth-order valence-corrected chi connectivity index (χ4v) is 2.52. The Balaban J connectivity index is 1.97. The highest BCUT2D eigenvalue weighted by atomic mass is 16.5. The van der Waals surface area contributed by atoms with Crippen LogP contribution in [0.4, 0.5) is 10.5 Å². The average molecular weight is 352 g/mol. The van der Waals surface area contributed by atoms with Gasteiger partial charge in [-0.3, -0.25) is 14.9 Å². The maximum Gasteiger partial charge on any atom is 0.335 e. The minimum Gasteiger partial charge on any atom is -0.508 e. The number of aromatic hydroxyl groups is 1. The Labute approximate surface area is 149 Å². The Kier molecular flexibility index (Phi) is 4.70. The lowest BCUT2D eigenvalue weighted by atomic mass is 10.1. The second kappa shape index (κ2) is 7.10. The van der Waals surface area contributed by atoms with Gasteiger partial charge in [-0.25, -0.2) is 9.69 Å². The van der Waals surface area contributed by atoms with E-state index >= 15 is 0 Å². The highest BCUT2D eigenvalue weighted by Gasteiger charge is 2.36. The van der Waals surface area contributed by atoms with Crippen LogP contribution in [0.1, 0.15) is 12.5 Å². The fraction of sp³-hybridized carbons (Fsp3) is 0.105. The minimum absolute atomic E-state index is 0.00167. The fourth-order valence-electron chi connectivity index (χ4n) is 2.52. The van der Waals surface area contributed by atoms with Gasteiger partial charge in [-0.1, -0.05) is 12.1 Å². The summed E-state index contributed by atoms with van der Waals surface area (Å²) in [5.74, 6) is -0.904. The summed E-state index contributed by atoms with van der Waals surface area (Å²) in [4.78, 5) is 37.8. The number of ether oxygens (including phenoxy) is 1. The molecule has 7 heteroatoms. The molecule has 0 aliphatic carbocycles. The van der Waals surface area contributed by atoms with Gasteiger partial charge >= 0.3 is 6.03 Å². The van der Waals surface area contributed by atoms with Crippen molar-refractivity contribution in [2.24, 2.45) is 0 Å². The topological polar surface area (TPSA) is 95.9 Å². The number of carbonyl (C=O) groups excluding carboxylic acids is 3. The lowest BCUT2D eigenvalue weighted by molar-refractivity contribution is -0.122. The summed E-state index contributed by atoms with van der Waals surface area (Å²) >= 11 is 0. The highest BCUT2D eigenvalue weighted by molar-refractivity contribution is 6.39. The van der Waals surface area contributed by atoms with Gasteiger partial charge in [0.25, 0.3) is 11.8 Å². The molecule has 132 valence electrons. The molecule has 7 nitrogen and oxygen atoms in total. The van der Waals surface area contributed by atoms with Gasteiger partial charge in [0.05, 0.1) is 12.3 Å². The average Bonchev–Trinajstić information content (AvgIpc) is 2.61. The van der Waals surface area contributed by atoms with Crippen molar-refractivity contribution in [1.29, 1.82) is 0 Å². The molecule has 2 aromatic rings. The number of hydrogen-bond donors (Lipinski definition) is 2. The number of nitrogens with one attached hydrogen (secondary N) is 1. The van der Waals surface area contributed by atoms with Crippen molar-refractivity contribution in [2.45, 2.75) is 6.92 Å². The first-order chi connectivity index (χ1) is 12.5. The summed E-state index contributed by atoms with van der Waals surface area (Å²) in [7, 11) is 0. The van der Waals surface area contributed by atoms with Crippen LogP contribution < -0.4 is 15.0 Å². The van der Waals surface area contributed by atoms with Crippen LogP contribution in [-0.2, 0) is 9.59 Å². The van der Waals surface area contributed by atoms with Gasteiger partial charge in [-0.2, -0.15) is 0 Å². The number of anilines is 1. The summed E-state index contributed by atoms with van der Waals surface area (Å²) in [5, 5.41) is 11.5. The van der Waals surface area contributed by atoms with E-state index in [-0.39, 0.29) is 17.0 Å². The SMILES string of the molecule is CCOc1cccc(/C=C2\C(=O)NC(=O)N(c3ccc(O)cc3)C2=O)c1. The van der Waals surface area contributed by atoms with Crippen molar-refractivity contribution >= 4 is 29.6 Å². The van der Waals surface area contributed by atoms with Gasteiger partial charge in [0.1, 0.15) is 17.1 Å². The van der Waals surface area contributed by atoms with Crippen molar-refractivity contribution in [2.75, 3.05) is 11.5 Å². The maximum atomic E-state index is 12.7. The summed E-state index contributed by atoms with van der Waals surface area (Å²) in [6, 6.07) is 11.6. The highest BCUT2D eigenvalue weighted by Crippen LogP contribution is 2.24. The van der Waals surface area contributed by atoms with Gasteiger partial charge < -0.3 is 9.84 Å². The molecule has 0 spiro atoms.